The highest BCUT2D eigenvalue weighted by Crippen LogP contribution is 2.31. The van der Waals surface area contributed by atoms with Crippen LogP contribution in [-0.2, 0) is 9.59 Å². The van der Waals surface area contributed by atoms with E-state index in [2.05, 4.69) is 10.6 Å². The lowest BCUT2D eigenvalue weighted by Crippen LogP contribution is -2.46. The lowest BCUT2D eigenvalue weighted by Gasteiger charge is -2.30. The Kier molecular flexibility index (Phi) is 7.35. The first kappa shape index (κ1) is 22.4. The van der Waals surface area contributed by atoms with Gasteiger partial charge < -0.3 is 20.1 Å². The SMILES string of the molecule is CCN(CC(=O)NCC(=O)Nc1ccc(F)c(F)c1F)CC1COc2ccccc2O1. The fourth-order valence-corrected chi connectivity index (χ4v) is 3.00. The van der Waals surface area contributed by atoms with Crippen LogP contribution in [0.5, 0.6) is 11.5 Å². The minimum atomic E-state index is -1.68. The first-order valence-corrected chi connectivity index (χ1v) is 9.68. The van der Waals surface area contributed by atoms with Crippen molar-refractivity contribution in [3.8, 4) is 11.5 Å². The minimum Gasteiger partial charge on any atom is -0.486 e. The van der Waals surface area contributed by atoms with Crippen LogP contribution in [0, 0.1) is 17.5 Å². The monoisotopic (exact) mass is 437 g/mol. The van der Waals surface area contributed by atoms with Gasteiger partial charge in [-0.3, -0.25) is 14.5 Å². The van der Waals surface area contributed by atoms with Crippen LogP contribution in [0.15, 0.2) is 36.4 Å². The van der Waals surface area contributed by atoms with Gasteiger partial charge in [-0.1, -0.05) is 19.1 Å². The highest BCUT2D eigenvalue weighted by Gasteiger charge is 2.23. The molecule has 2 aromatic carbocycles. The van der Waals surface area contributed by atoms with Crippen LogP contribution >= 0.6 is 0 Å². The predicted octanol–water partition coefficient (Wildman–Crippen LogP) is 2.32. The van der Waals surface area contributed by atoms with Gasteiger partial charge in [-0.2, -0.15) is 0 Å². The normalized spacial score (nSPS) is 14.9. The Bertz CT molecular complexity index is 957. The number of halogens is 3. The molecule has 31 heavy (non-hydrogen) atoms. The van der Waals surface area contributed by atoms with E-state index in [1.807, 2.05) is 30.0 Å². The average molecular weight is 437 g/mol. The molecule has 10 heteroatoms. The summed E-state index contributed by atoms with van der Waals surface area (Å²) in [5, 5.41) is 4.50. The van der Waals surface area contributed by atoms with E-state index in [0.717, 1.165) is 6.07 Å². The van der Waals surface area contributed by atoms with Crippen molar-refractivity contribution in [2.24, 2.45) is 0 Å². The molecule has 1 heterocycles. The van der Waals surface area contributed by atoms with E-state index in [0.29, 0.717) is 37.3 Å². The number of benzene rings is 2. The lowest BCUT2D eigenvalue weighted by molar-refractivity contribution is -0.125. The summed E-state index contributed by atoms with van der Waals surface area (Å²) in [7, 11) is 0. The molecule has 1 aliphatic rings. The molecule has 166 valence electrons. The summed E-state index contributed by atoms with van der Waals surface area (Å²) in [6.07, 6.45) is -0.262. The van der Waals surface area contributed by atoms with Crippen molar-refractivity contribution >= 4 is 17.5 Å². The Morgan fingerprint density at radius 3 is 2.55 bits per heavy atom. The van der Waals surface area contributed by atoms with Crippen LogP contribution in [0.25, 0.3) is 0 Å². The summed E-state index contributed by atoms with van der Waals surface area (Å²) in [4.78, 5) is 25.9. The molecule has 0 aliphatic carbocycles. The maximum absolute atomic E-state index is 13.6. The Hall–Kier alpha value is -3.27. The molecule has 2 N–H and O–H groups in total. The molecule has 3 rings (SSSR count). The van der Waals surface area contributed by atoms with Gasteiger partial charge in [-0.25, -0.2) is 13.2 Å². The van der Waals surface area contributed by atoms with Crippen LogP contribution in [0.2, 0.25) is 0 Å². The zero-order valence-electron chi connectivity index (χ0n) is 16.8. The summed E-state index contributed by atoms with van der Waals surface area (Å²) < 4.78 is 51.3. The number of likely N-dealkylation sites (N-methyl/N-ethyl adjacent to an activating group) is 1. The number of nitrogens with one attached hydrogen (secondary N) is 2. The van der Waals surface area contributed by atoms with Crippen molar-refractivity contribution in [3.63, 3.8) is 0 Å². The van der Waals surface area contributed by atoms with Crippen molar-refractivity contribution in [3.05, 3.63) is 53.8 Å². The van der Waals surface area contributed by atoms with E-state index in [-0.39, 0.29) is 12.6 Å². The van der Waals surface area contributed by atoms with E-state index >= 15 is 0 Å². The molecule has 0 bridgehead atoms. The van der Waals surface area contributed by atoms with Gasteiger partial charge in [0.2, 0.25) is 11.8 Å². The third-order valence-electron chi connectivity index (χ3n) is 4.60. The third kappa shape index (κ3) is 5.88. The molecule has 0 radical (unpaired) electrons. The van der Waals surface area contributed by atoms with E-state index in [1.165, 1.54) is 0 Å². The van der Waals surface area contributed by atoms with Crippen molar-refractivity contribution in [1.29, 1.82) is 0 Å². The Labute approximate surface area is 177 Å². The molecule has 0 fully saturated rings. The van der Waals surface area contributed by atoms with Crippen LogP contribution in [0.1, 0.15) is 6.92 Å². The molecule has 1 atom stereocenters. The zero-order valence-corrected chi connectivity index (χ0v) is 16.8. The maximum Gasteiger partial charge on any atom is 0.243 e. The van der Waals surface area contributed by atoms with Gasteiger partial charge in [0.1, 0.15) is 12.7 Å². The van der Waals surface area contributed by atoms with E-state index in [1.54, 1.807) is 6.07 Å². The van der Waals surface area contributed by atoms with Gasteiger partial charge in [0.25, 0.3) is 0 Å². The Morgan fingerprint density at radius 2 is 1.81 bits per heavy atom. The Balaban J connectivity index is 1.45. The van der Waals surface area contributed by atoms with E-state index in [4.69, 9.17) is 9.47 Å². The molecule has 1 unspecified atom stereocenters. The third-order valence-corrected chi connectivity index (χ3v) is 4.60. The molecule has 7 nitrogen and oxygen atoms in total. The molecule has 0 saturated carbocycles. The molecular formula is C21H22F3N3O4. The first-order valence-electron chi connectivity index (χ1n) is 9.68. The van der Waals surface area contributed by atoms with Crippen LogP contribution in [0.3, 0.4) is 0 Å². The second-order valence-electron chi connectivity index (χ2n) is 6.87. The molecule has 0 spiro atoms. The second kappa shape index (κ2) is 10.2. The number of fused-ring (bicyclic) bond motifs is 1. The highest BCUT2D eigenvalue weighted by atomic mass is 19.2. The summed E-state index contributed by atoms with van der Waals surface area (Å²) in [5.74, 6) is -4.45. The minimum absolute atomic E-state index is 0.00479. The lowest BCUT2D eigenvalue weighted by atomic mass is 10.2. The van der Waals surface area contributed by atoms with Gasteiger partial charge in [0, 0.05) is 6.54 Å². The van der Waals surface area contributed by atoms with E-state index in [9.17, 15) is 22.8 Å². The molecule has 0 aromatic heterocycles. The summed E-state index contributed by atoms with van der Waals surface area (Å²) >= 11 is 0. The topological polar surface area (TPSA) is 79.9 Å². The van der Waals surface area contributed by atoms with Gasteiger partial charge in [0.15, 0.2) is 29.0 Å². The van der Waals surface area contributed by atoms with Crippen LogP contribution < -0.4 is 20.1 Å². The number of ether oxygens (including phenoxy) is 2. The summed E-state index contributed by atoms with van der Waals surface area (Å²) in [6.45, 7) is 2.77. The summed E-state index contributed by atoms with van der Waals surface area (Å²) in [6, 6.07) is 8.90. The van der Waals surface area contributed by atoms with Crippen LogP contribution in [-0.4, -0.2) is 55.6 Å². The predicted molar refractivity (Wildman–Crippen MR) is 106 cm³/mol. The van der Waals surface area contributed by atoms with E-state index < -0.39 is 41.5 Å². The van der Waals surface area contributed by atoms with Crippen molar-refractivity contribution in [2.75, 3.05) is 38.1 Å². The van der Waals surface area contributed by atoms with Crippen molar-refractivity contribution in [1.82, 2.24) is 10.2 Å². The number of rotatable bonds is 8. The smallest absolute Gasteiger partial charge is 0.243 e. The van der Waals surface area contributed by atoms with Gasteiger partial charge in [-0.05, 0) is 30.8 Å². The van der Waals surface area contributed by atoms with Gasteiger partial charge in [0.05, 0.1) is 18.8 Å². The number of amides is 2. The molecule has 2 aromatic rings. The maximum atomic E-state index is 13.6. The quantitative estimate of drug-likeness (QED) is 0.620. The molecular weight excluding hydrogens is 415 g/mol. The number of anilines is 1. The fraction of sp³-hybridized carbons (Fsp3) is 0.333. The van der Waals surface area contributed by atoms with Crippen molar-refractivity contribution in [2.45, 2.75) is 13.0 Å². The number of carbonyl (C=O) groups excluding carboxylic acids is 2. The van der Waals surface area contributed by atoms with Gasteiger partial charge in [-0.15, -0.1) is 0 Å². The fourth-order valence-electron chi connectivity index (χ4n) is 3.00. The molecule has 1 aliphatic heterocycles. The number of para-hydroxylation sites is 2. The number of hydrogen-bond donors (Lipinski definition) is 2. The van der Waals surface area contributed by atoms with Crippen LogP contribution in [0.4, 0.5) is 18.9 Å². The summed E-state index contributed by atoms with van der Waals surface area (Å²) in [5.41, 5.74) is -0.511. The number of carbonyl (C=O) groups is 2. The second-order valence-corrected chi connectivity index (χ2v) is 6.87. The standard InChI is InChI=1S/C21H22F3N3O4/c1-2-27(10-13-12-30-16-5-3-4-6-17(16)31-13)11-19(29)25-9-18(28)26-15-8-7-14(22)20(23)21(15)24/h3-8,13H,2,9-12H2,1H3,(H,25,29)(H,26,28). The first-order chi connectivity index (χ1) is 14.9. The van der Waals surface area contributed by atoms with Crippen molar-refractivity contribution < 1.29 is 32.2 Å². The molecule has 2 amide bonds. The highest BCUT2D eigenvalue weighted by molar-refractivity contribution is 5.94. The largest absolute Gasteiger partial charge is 0.486 e. The number of hydrogen-bond acceptors (Lipinski definition) is 5. The van der Waals surface area contributed by atoms with Gasteiger partial charge >= 0.3 is 0 Å². The zero-order chi connectivity index (χ0) is 22.4. The number of nitrogens with zero attached hydrogens (tertiary/aromatic N) is 1. The molecule has 0 saturated heterocycles. The Morgan fingerprint density at radius 1 is 1.06 bits per heavy atom. The average Bonchev–Trinajstić information content (AvgIpc) is 2.77.